The quantitative estimate of drug-likeness (QED) is 0.542. The number of pyridine rings is 1. The molecule has 0 unspecified atom stereocenters. The largest absolute Gasteiger partial charge is 0.493 e. The predicted molar refractivity (Wildman–Crippen MR) is 115 cm³/mol. The summed E-state index contributed by atoms with van der Waals surface area (Å²) >= 11 is 0. The van der Waals surface area contributed by atoms with Crippen LogP contribution in [0.5, 0.6) is 5.75 Å². The van der Waals surface area contributed by atoms with Crippen molar-refractivity contribution in [1.29, 1.82) is 5.26 Å². The van der Waals surface area contributed by atoms with E-state index in [9.17, 15) is 23.5 Å². The van der Waals surface area contributed by atoms with Crippen LogP contribution in [0.3, 0.4) is 0 Å². The van der Waals surface area contributed by atoms with E-state index >= 15 is 0 Å². The third-order valence-corrected chi connectivity index (χ3v) is 5.96. The predicted octanol–water partition coefficient (Wildman–Crippen LogP) is 3.75. The molecule has 3 aromatic rings. The lowest BCUT2D eigenvalue weighted by Crippen LogP contribution is -2.33. The number of halogens is 3. The van der Waals surface area contributed by atoms with Crippen LogP contribution in [0, 0.1) is 11.3 Å². The molecule has 0 radical (unpaired) electrons. The zero-order valence-electron chi connectivity index (χ0n) is 18.1. The number of nitriles is 1. The monoisotopic (exact) mass is 459 g/mol. The van der Waals surface area contributed by atoms with E-state index in [0.29, 0.717) is 24.0 Å². The Balaban J connectivity index is 1.56. The Hall–Kier alpha value is -3.16. The topological polar surface area (TPSA) is 87.2 Å². The number of likely N-dealkylation sites (tertiary alicyclic amines) is 1. The molecular formula is C23H24F3N5O2. The summed E-state index contributed by atoms with van der Waals surface area (Å²) in [4.78, 5) is 10.5. The van der Waals surface area contributed by atoms with Crippen molar-refractivity contribution in [2.24, 2.45) is 7.05 Å². The first-order valence-corrected chi connectivity index (χ1v) is 10.7. The number of rotatable bonds is 7. The molecule has 1 aliphatic rings. The second kappa shape index (κ2) is 9.37. The molecule has 7 nitrogen and oxygen atoms in total. The molecule has 1 aromatic carbocycles. The fourth-order valence-electron chi connectivity index (χ4n) is 4.24. The highest BCUT2D eigenvalue weighted by molar-refractivity contribution is 5.84. The van der Waals surface area contributed by atoms with Gasteiger partial charge in [-0.15, -0.1) is 0 Å². The van der Waals surface area contributed by atoms with Crippen LogP contribution in [-0.2, 0) is 13.2 Å². The summed E-state index contributed by atoms with van der Waals surface area (Å²) in [6.45, 7) is 1.77. The molecule has 4 rings (SSSR count). The molecule has 3 heterocycles. The van der Waals surface area contributed by atoms with Crippen LogP contribution in [0.15, 0.2) is 30.6 Å². The van der Waals surface area contributed by atoms with Gasteiger partial charge >= 0.3 is 6.18 Å². The number of ether oxygens (including phenoxy) is 1. The lowest BCUT2D eigenvalue weighted by molar-refractivity contribution is -0.138. The minimum absolute atomic E-state index is 0.0556. The SMILES string of the molecule is Cn1cnc2c(C#N)nc(-c3ccc(OCCCN4CCC[C@H]4CO)c(C(F)(F)F)c3)cc21. The summed E-state index contributed by atoms with van der Waals surface area (Å²) in [6.07, 6.45) is -0.585. The van der Waals surface area contributed by atoms with E-state index in [1.807, 2.05) is 6.07 Å². The third-order valence-electron chi connectivity index (χ3n) is 5.96. The Morgan fingerprint density at radius 3 is 2.85 bits per heavy atom. The fourth-order valence-corrected chi connectivity index (χ4v) is 4.24. The van der Waals surface area contributed by atoms with E-state index in [1.165, 1.54) is 18.5 Å². The molecule has 33 heavy (non-hydrogen) atoms. The Labute approximate surface area is 189 Å². The number of hydrogen-bond donors (Lipinski definition) is 1. The minimum Gasteiger partial charge on any atom is -0.493 e. The van der Waals surface area contributed by atoms with E-state index in [-0.39, 0.29) is 42.0 Å². The van der Waals surface area contributed by atoms with Gasteiger partial charge < -0.3 is 14.4 Å². The Morgan fingerprint density at radius 1 is 1.30 bits per heavy atom. The Kier molecular flexibility index (Phi) is 6.54. The molecule has 10 heteroatoms. The molecule has 1 fully saturated rings. The standard InChI is InChI=1S/C23H24F3N5O2/c1-30-14-28-22-19(12-27)29-18(11-20(22)30)15-5-6-21(17(10-15)23(24,25)26)33-9-3-8-31-7-2-4-16(31)13-32/h5-6,10-11,14,16,32H,2-4,7-9,13H2,1H3/t16-/m0/s1. The number of nitrogens with zero attached hydrogens (tertiary/aromatic N) is 5. The number of aryl methyl sites for hydroxylation is 1. The van der Waals surface area contributed by atoms with Crippen molar-refractivity contribution in [3.8, 4) is 23.1 Å². The zero-order chi connectivity index (χ0) is 23.6. The second-order valence-corrected chi connectivity index (χ2v) is 8.12. The van der Waals surface area contributed by atoms with Gasteiger partial charge in [-0.05, 0) is 50.1 Å². The first-order valence-electron chi connectivity index (χ1n) is 10.7. The first-order chi connectivity index (χ1) is 15.8. The van der Waals surface area contributed by atoms with E-state index in [4.69, 9.17) is 4.74 Å². The number of hydrogen-bond acceptors (Lipinski definition) is 6. The van der Waals surface area contributed by atoms with Crippen LogP contribution < -0.4 is 4.74 Å². The van der Waals surface area contributed by atoms with Crippen LogP contribution in [0.25, 0.3) is 22.3 Å². The molecular weight excluding hydrogens is 435 g/mol. The number of aliphatic hydroxyl groups is 1. The number of aliphatic hydroxyl groups excluding tert-OH is 1. The molecule has 2 aromatic heterocycles. The highest BCUT2D eigenvalue weighted by Crippen LogP contribution is 2.39. The summed E-state index contributed by atoms with van der Waals surface area (Å²) in [7, 11) is 1.74. The molecule has 1 saturated heterocycles. The van der Waals surface area contributed by atoms with E-state index in [1.54, 1.807) is 17.7 Å². The summed E-state index contributed by atoms with van der Waals surface area (Å²) in [5.41, 5.74) is 0.663. The minimum atomic E-state index is -4.61. The number of aromatic nitrogens is 3. The van der Waals surface area contributed by atoms with Crippen molar-refractivity contribution in [1.82, 2.24) is 19.4 Å². The van der Waals surface area contributed by atoms with E-state index in [0.717, 1.165) is 25.5 Å². The normalized spacial score (nSPS) is 16.9. The van der Waals surface area contributed by atoms with Crippen molar-refractivity contribution < 1.29 is 23.0 Å². The lowest BCUT2D eigenvalue weighted by atomic mass is 10.1. The van der Waals surface area contributed by atoms with Crippen molar-refractivity contribution in [3.05, 3.63) is 41.9 Å². The maximum absolute atomic E-state index is 13.8. The summed E-state index contributed by atoms with van der Waals surface area (Å²) in [6, 6.07) is 7.51. The van der Waals surface area contributed by atoms with Gasteiger partial charge in [0.25, 0.3) is 0 Å². The molecule has 174 valence electrons. The average Bonchev–Trinajstić information content (AvgIpc) is 3.41. The smallest absolute Gasteiger partial charge is 0.419 e. The van der Waals surface area contributed by atoms with E-state index in [2.05, 4.69) is 14.9 Å². The number of alkyl halides is 3. The Bertz CT molecular complexity index is 1190. The van der Waals surface area contributed by atoms with Crippen LogP contribution in [0.1, 0.15) is 30.5 Å². The van der Waals surface area contributed by atoms with Crippen LogP contribution in [0.2, 0.25) is 0 Å². The summed E-state index contributed by atoms with van der Waals surface area (Å²) < 4.78 is 48.6. The molecule has 1 atom stereocenters. The van der Waals surface area contributed by atoms with Crippen molar-refractivity contribution >= 4 is 11.0 Å². The van der Waals surface area contributed by atoms with Crippen LogP contribution >= 0.6 is 0 Å². The summed E-state index contributed by atoms with van der Waals surface area (Å²) in [5, 5.41) is 18.8. The van der Waals surface area contributed by atoms with Gasteiger partial charge in [-0.2, -0.15) is 18.4 Å². The molecule has 0 amide bonds. The van der Waals surface area contributed by atoms with Gasteiger partial charge in [0, 0.05) is 25.2 Å². The molecule has 0 spiro atoms. The van der Waals surface area contributed by atoms with Gasteiger partial charge in [0.2, 0.25) is 0 Å². The second-order valence-electron chi connectivity index (χ2n) is 8.12. The highest BCUT2D eigenvalue weighted by atomic mass is 19.4. The molecule has 1 N–H and O–H groups in total. The maximum atomic E-state index is 13.8. The van der Waals surface area contributed by atoms with Crippen molar-refractivity contribution in [3.63, 3.8) is 0 Å². The van der Waals surface area contributed by atoms with Gasteiger partial charge in [0.1, 0.15) is 17.3 Å². The molecule has 0 bridgehead atoms. The zero-order valence-corrected chi connectivity index (χ0v) is 18.1. The van der Waals surface area contributed by atoms with Gasteiger partial charge in [-0.1, -0.05) is 0 Å². The molecule has 0 saturated carbocycles. The van der Waals surface area contributed by atoms with Crippen LogP contribution in [-0.4, -0.2) is 56.9 Å². The lowest BCUT2D eigenvalue weighted by Gasteiger charge is -2.22. The number of fused-ring (bicyclic) bond motifs is 1. The highest BCUT2D eigenvalue weighted by Gasteiger charge is 2.35. The Morgan fingerprint density at radius 2 is 2.12 bits per heavy atom. The van der Waals surface area contributed by atoms with Crippen molar-refractivity contribution in [2.45, 2.75) is 31.5 Å². The summed E-state index contributed by atoms with van der Waals surface area (Å²) in [5.74, 6) is -0.242. The molecule has 0 aliphatic carbocycles. The first kappa shape index (κ1) is 23.0. The van der Waals surface area contributed by atoms with Gasteiger partial charge in [-0.25, -0.2) is 9.97 Å². The number of benzene rings is 1. The maximum Gasteiger partial charge on any atom is 0.419 e. The number of imidazole rings is 1. The van der Waals surface area contributed by atoms with E-state index < -0.39 is 11.7 Å². The van der Waals surface area contributed by atoms with Crippen molar-refractivity contribution in [2.75, 3.05) is 26.3 Å². The van der Waals surface area contributed by atoms with Gasteiger partial charge in [0.05, 0.1) is 36.3 Å². The van der Waals surface area contributed by atoms with Crippen LogP contribution in [0.4, 0.5) is 13.2 Å². The average molecular weight is 459 g/mol. The third kappa shape index (κ3) is 4.79. The molecule has 1 aliphatic heterocycles. The fraction of sp³-hybridized carbons (Fsp3) is 0.435. The van der Waals surface area contributed by atoms with Gasteiger partial charge in [-0.3, -0.25) is 4.90 Å². The van der Waals surface area contributed by atoms with Gasteiger partial charge in [0.15, 0.2) is 5.69 Å².